The highest BCUT2D eigenvalue weighted by Crippen LogP contribution is 2.31. The van der Waals surface area contributed by atoms with E-state index in [9.17, 15) is 25.0 Å². The fourth-order valence-corrected chi connectivity index (χ4v) is 4.04. The Labute approximate surface area is 173 Å². The summed E-state index contributed by atoms with van der Waals surface area (Å²) in [6.45, 7) is 2.11. The minimum Gasteiger partial charge on any atom is -0.378 e. The van der Waals surface area contributed by atoms with Crippen molar-refractivity contribution in [2.45, 2.75) is 0 Å². The molecular weight excluding hydrogens is 414 g/mol. The van der Waals surface area contributed by atoms with Gasteiger partial charge in [0, 0.05) is 37.4 Å². The van der Waals surface area contributed by atoms with E-state index in [1.165, 1.54) is 30.3 Å². The number of nitro benzene ring substituents is 2. The van der Waals surface area contributed by atoms with Crippen molar-refractivity contribution in [3.05, 3.63) is 62.2 Å². The van der Waals surface area contributed by atoms with Gasteiger partial charge in [0.05, 0.1) is 44.5 Å². The lowest BCUT2D eigenvalue weighted by atomic mass is 10.1. The SMILES string of the molecule is O=C(Nc1nc2ccc([N+](=O)[O-])cc2s1)c1cc([N+](=O)[O-])ccc1N1CCOCC1. The van der Waals surface area contributed by atoms with Crippen molar-refractivity contribution >= 4 is 49.7 Å². The van der Waals surface area contributed by atoms with Gasteiger partial charge in [-0.1, -0.05) is 11.3 Å². The summed E-state index contributed by atoms with van der Waals surface area (Å²) in [5, 5.41) is 25.0. The van der Waals surface area contributed by atoms with Crippen LogP contribution in [-0.2, 0) is 4.74 Å². The molecular formula is C18H15N5O6S. The standard InChI is InChI=1S/C18H15N5O6S/c24-17(20-18-19-14-3-1-12(23(27)28)10-16(14)30-18)13-9-11(22(25)26)2-4-15(13)21-5-7-29-8-6-21/h1-4,9-10H,5-8H2,(H,19,20,24). The van der Waals surface area contributed by atoms with Gasteiger partial charge < -0.3 is 9.64 Å². The summed E-state index contributed by atoms with van der Waals surface area (Å²) in [5.41, 5.74) is 0.956. The Morgan fingerprint density at radius 1 is 1.07 bits per heavy atom. The molecule has 4 rings (SSSR count). The molecule has 1 amide bonds. The highest BCUT2D eigenvalue weighted by Gasteiger charge is 2.23. The fraction of sp³-hybridized carbons (Fsp3) is 0.222. The lowest BCUT2D eigenvalue weighted by molar-refractivity contribution is -0.385. The second-order valence-electron chi connectivity index (χ2n) is 6.44. The van der Waals surface area contributed by atoms with Crippen LogP contribution >= 0.6 is 11.3 Å². The van der Waals surface area contributed by atoms with Gasteiger partial charge in [-0.15, -0.1) is 0 Å². The number of fused-ring (bicyclic) bond motifs is 1. The van der Waals surface area contributed by atoms with Crippen molar-refractivity contribution in [1.82, 2.24) is 4.98 Å². The molecule has 12 heteroatoms. The van der Waals surface area contributed by atoms with E-state index < -0.39 is 15.8 Å². The minimum atomic E-state index is -0.559. The molecule has 1 aromatic heterocycles. The topological polar surface area (TPSA) is 141 Å². The third-order valence-electron chi connectivity index (χ3n) is 4.59. The third kappa shape index (κ3) is 3.90. The maximum atomic E-state index is 13.0. The first kappa shape index (κ1) is 19.7. The molecule has 1 N–H and O–H groups in total. The predicted molar refractivity (Wildman–Crippen MR) is 110 cm³/mol. The van der Waals surface area contributed by atoms with Crippen LogP contribution in [0.2, 0.25) is 0 Å². The predicted octanol–water partition coefficient (Wildman–Crippen LogP) is 3.20. The molecule has 2 heterocycles. The largest absolute Gasteiger partial charge is 0.378 e. The lowest BCUT2D eigenvalue weighted by Gasteiger charge is -2.30. The second kappa shape index (κ2) is 8.00. The molecule has 0 radical (unpaired) electrons. The number of hydrogen-bond donors (Lipinski definition) is 1. The van der Waals surface area contributed by atoms with Crippen LogP contribution in [-0.4, -0.2) is 47.0 Å². The summed E-state index contributed by atoms with van der Waals surface area (Å²) in [4.78, 5) is 40.3. The summed E-state index contributed by atoms with van der Waals surface area (Å²) < 4.78 is 5.88. The normalized spacial score (nSPS) is 13.9. The van der Waals surface area contributed by atoms with E-state index >= 15 is 0 Å². The number of benzene rings is 2. The summed E-state index contributed by atoms with van der Waals surface area (Å²) in [7, 11) is 0. The third-order valence-corrected chi connectivity index (χ3v) is 5.52. The fourth-order valence-electron chi connectivity index (χ4n) is 3.14. The van der Waals surface area contributed by atoms with Gasteiger partial charge in [-0.2, -0.15) is 0 Å². The van der Waals surface area contributed by atoms with Gasteiger partial charge >= 0.3 is 0 Å². The number of hydrogen-bond acceptors (Lipinski definition) is 9. The molecule has 0 unspecified atom stereocenters. The first-order valence-electron chi connectivity index (χ1n) is 8.90. The number of rotatable bonds is 5. The number of non-ortho nitro benzene ring substituents is 2. The molecule has 11 nitrogen and oxygen atoms in total. The maximum absolute atomic E-state index is 13.0. The molecule has 0 aliphatic carbocycles. The lowest BCUT2D eigenvalue weighted by Crippen LogP contribution is -2.37. The average molecular weight is 429 g/mol. The Hall–Kier alpha value is -3.64. The molecule has 3 aromatic rings. The van der Waals surface area contributed by atoms with Crippen LogP contribution in [0.1, 0.15) is 10.4 Å². The summed E-state index contributed by atoms with van der Waals surface area (Å²) in [6, 6.07) is 8.38. The summed E-state index contributed by atoms with van der Waals surface area (Å²) in [6.07, 6.45) is 0. The Morgan fingerprint density at radius 3 is 2.43 bits per heavy atom. The molecule has 0 saturated carbocycles. The van der Waals surface area contributed by atoms with Gasteiger partial charge in [-0.05, 0) is 12.1 Å². The van der Waals surface area contributed by atoms with E-state index in [4.69, 9.17) is 4.74 Å². The number of nitro groups is 2. The first-order chi connectivity index (χ1) is 14.4. The van der Waals surface area contributed by atoms with E-state index in [1.54, 1.807) is 6.07 Å². The number of morpholine rings is 1. The molecule has 30 heavy (non-hydrogen) atoms. The number of thiazole rings is 1. The Morgan fingerprint density at radius 2 is 1.73 bits per heavy atom. The molecule has 154 valence electrons. The van der Waals surface area contributed by atoms with E-state index in [0.29, 0.717) is 42.2 Å². The highest BCUT2D eigenvalue weighted by atomic mass is 32.1. The van der Waals surface area contributed by atoms with E-state index in [1.807, 2.05) is 4.90 Å². The first-order valence-corrected chi connectivity index (χ1v) is 9.71. The highest BCUT2D eigenvalue weighted by molar-refractivity contribution is 7.22. The Balaban J connectivity index is 1.66. The Bertz CT molecular complexity index is 1160. The molecule has 0 bridgehead atoms. The summed E-state index contributed by atoms with van der Waals surface area (Å²) in [5.74, 6) is -0.547. The minimum absolute atomic E-state index is 0.0719. The number of anilines is 2. The maximum Gasteiger partial charge on any atom is 0.270 e. The van der Waals surface area contributed by atoms with Gasteiger partial charge in [-0.3, -0.25) is 30.3 Å². The Kier molecular flexibility index (Phi) is 5.25. The van der Waals surface area contributed by atoms with Crippen LogP contribution in [0.25, 0.3) is 10.2 Å². The molecule has 0 atom stereocenters. The van der Waals surface area contributed by atoms with Crippen LogP contribution in [0.15, 0.2) is 36.4 Å². The van der Waals surface area contributed by atoms with Crippen molar-refractivity contribution in [2.24, 2.45) is 0 Å². The van der Waals surface area contributed by atoms with Crippen molar-refractivity contribution in [1.29, 1.82) is 0 Å². The molecule has 1 aliphatic rings. The molecule has 1 saturated heterocycles. The van der Waals surface area contributed by atoms with Gasteiger partial charge in [-0.25, -0.2) is 4.98 Å². The molecule has 1 aliphatic heterocycles. The smallest absolute Gasteiger partial charge is 0.270 e. The van der Waals surface area contributed by atoms with Crippen molar-refractivity contribution in [2.75, 3.05) is 36.5 Å². The van der Waals surface area contributed by atoms with Crippen LogP contribution in [0.5, 0.6) is 0 Å². The van der Waals surface area contributed by atoms with Crippen molar-refractivity contribution in [3.8, 4) is 0 Å². The average Bonchev–Trinajstić information content (AvgIpc) is 3.15. The van der Waals surface area contributed by atoms with Crippen LogP contribution in [0, 0.1) is 20.2 Å². The van der Waals surface area contributed by atoms with E-state index in [0.717, 1.165) is 11.3 Å². The zero-order chi connectivity index (χ0) is 21.3. The van der Waals surface area contributed by atoms with Crippen LogP contribution < -0.4 is 10.2 Å². The monoisotopic (exact) mass is 429 g/mol. The molecule has 1 fully saturated rings. The van der Waals surface area contributed by atoms with Crippen molar-refractivity contribution < 1.29 is 19.4 Å². The van der Waals surface area contributed by atoms with Gasteiger partial charge in [0.25, 0.3) is 17.3 Å². The quantitative estimate of drug-likeness (QED) is 0.481. The molecule has 0 spiro atoms. The number of carbonyl (C=O) groups excluding carboxylic acids is 1. The zero-order valence-electron chi connectivity index (χ0n) is 15.4. The number of ether oxygens (including phenoxy) is 1. The zero-order valence-corrected chi connectivity index (χ0v) is 16.3. The van der Waals surface area contributed by atoms with E-state index in [-0.39, 0.29) is 22.1 Å². The van der Waals surface area contributed by atoms with Gasteiger partial charge in [0.2, 0.25) is 0 Å². The van der Waals surface area contributed by atoms with Gasteiger partial charge in [0.1, 0.15) is 0 Å². The number of aromatic nitrogens is 1. The van der Waals surface area contributed by atoms with Crippen LogP contribution in [0.4, 0.5) is 22.2 Å². The van der Waals surface area contributed by atoms with Crippen molar-refractivity contribution in [3.63, 3.8) is 0 Å². The second-order valence-corrected chi connectivity index (χ2v) is 7.47. The number of amides is 1. The molecule has 2 aromatic carbocycles. The number of carbonyl (C=O) groups is 1. The van der Waals surface area contributed by atoms with Crippen LogP contribution in [0.3, 0.4) is 0 Å². The number of nitrogens with zero attached hydrogens (tertiary/aromatic N) is 4. The summed E-state index contributed by atoms with van der Waals surface area (Å²) >= 11 is 1.09. The number of nitrogens with one attached hydrogen (secondary N) is 1. The van der Waals surface area contributed by atoms with Gasteiger partial charge in [0.15, 0.2) is 5.13 Å². The van der Waals surface area contributed by atoms with E-state index in [2.05, 4.69) is 10.3 Å².